The van der Waals surface area contributed by atoms with Crippen LogP contribution >= 0.6 is 11.8 Å². The summed E-state index contributed by atoms with van der Waals surface area (Å²) in [5.41, 5.74) is 0.955. The summed E-state index contributed by atoms with van der Waals surface area (Å²) in [6.07, 6.45) is -2.57. The van der Waals surface area contributed by atoms with Crippen LogP contribution in [-0.4, -0.2) is 65.4 Å². The van der Waals surface area contributed by atoms with Crippen LogP contribution in [0.1, 0.15) is 24.8 Å². The van der Waals surface area contributed by atoms with Crippen LogP contribution in [-0.2, 0) is 19.0 Å². The van der Waals surface area contributed by atoms with E-state index in [4.69, 9.17) is 23.7 Å². The van der Waals surface area contributed by atoms with Gasteiger partial charge in [-0.3, -0.25) is 4.79 Å². The first-order valence-electron chi connectivity index (χ1n) is 8.91. The molecule has 27 heavy (non-hydrogen) atoms. The number of thioether (sulfide) groups is 1. The lowest BCUT2D eigenvalue weighted by molar-refractivity contribution is -0.216. The summed E-state index contributed by atoms with van der Waals surface area (Å²) in [7, 11) is 0. The minimum atomic E-state index is -0.854. The standard InChI is InChI=1S/C18H21NO7S/c1-18(2)25-15-14(21)12(24-17(15)26-18)6-19-13(20)7-27-16(19)9-3-4-10-11(5-9)23-8-22-10/h3-5,12,14-17,21H,6-8H2,1-2H3/t12-,14+,15-,16-,17-/m1/s1. The number of amides is 1. The summed E-state index contributed by atoms with van der Waals surface area (Å²) in [5, 5.41) is 10.4. The monoisotopic (exact) mass is 395 g/mol. The molecular weight excluding hydrogens is 374 g/mol. The van der Waals surface area contributed by atoms with E-state index >= 15 is 0 Å². The first-order valence-corrected chi connectivity index (χ1v) is 9.96. The van der Waals surface area contributed by atoms with Crippen LogP contribution in [0, 0.1) is 0 Å². The summed E-state index contributed by atoms with van der Waals surface area (Å²) in [6, 6.07) is 5.70. The largest absolute Gasteiger partial charge is 0.454 e. The van der Waals surface area contributed by atoms with E-state index in [9.17, 15) is 9.90 Å². The average Bonchev–Trinajstić information content (AvgIpc) is 3.35. The van der Waals surface area contributed by atoms with Crippen molar-refractivity contribution in [3.63, 3.8) is 0 Å². The molecular formula is C18H21NO7S. The van der Waals surface area contributed by atoms with E-state index in [1.165, 1.54) is 0 Å². The zero-order chi connectivity index (χ0) is 18.8. The second kappa shape index (κ2) is 6.25. The molecule has 0 spiro atoms. The van der Waals surface area contributed by atoms with Gasteiger partial charge < -0.3 is 33.7 Å². The predicted octanol–water partition coefficient (Wildman–Crippen LogP) is 1.23. The highest BCUT2D eigenvalue weighted by Gasteiger charge is 2.55. The Bertz CT molecular complexity index is 772. The van der Waals surface area contributed by atoms with Gasteiger partial charge in [-0.2, -0.15) is 0 Å². The highest BCUT2D eigenvalue weighted by molar-refractivity contribution is 8.00. The van der Waals surface area contributed by atoms with Gasteiger partial charge in [0.05, 0.1) is 12.3 Å². The van der Waals surface area contributed by atoms with Crippen LogP contribution in [0.3, 0.4) is 0 Å². The number of carbonyl (C=O) groups is 1. The lowest BCUT2D eigenvalue weighted by Gasteiger charge is -2.29. The van der Waals surface area contributed by atoms with Crippen molar-refractivity contribution < 1.29 is 33.6 Å². The van der Waals surface area contributed by atoms with Gasteiger partial charge in [0.1, 0.15) is 23.7 Å². The van der Waals surface area contributed by atoms with Crippen molar-refractivity contribution in [1.82, 2.24) is 4.90 Å². The molecule has 0 aromatic heterocycles. The Balaban J connectivity index is 1.33. The highest BCUT2D eigenvalue weighted by Crippen LogP contribution is 2.44. The average molecular weight is 395 g/mol. The molecule has 3 fully saturated rings. The molecule has 146 valence electrons. The maximum Gasteiger partial charge on any atom is 0.233 e. The molecule has 5 atom stereocenters. The van der Waals surface area contributed by atoms with Crippen molar-refractivity contribution >= 4 is 17.7 Å². The van der Waals surface area contributed by atoms with Crippen molar-refractivity contribution in [2.24, 2.45) is 0 Å². The Morgan fingerprint density at radius 1 is 1.26 bits per heavy atom. The van der Waals surface area contributed by atoms with E-state index in [-0.39, 0.29) is 24.6 Å². The first-order chi connectivity index (χ1) is 12.9. The molecule has 4 heterocycles. The number of fused-ring (bicyclic) bond motifs is 2. The fraction of sp³-hybridized carbons (Fsp3) is 0.611. The molecule has 3 saturated heterocycles. The van der Waals surface area contributed by atoms with Gasteiger partial charge in [0, 0.05) is 0 Å². The summed E-state index contributed by atoms with van der Waals surface area (Å²) >= 11 is 1.54. The number of nitrogens with zero attached hydrogens (tertiary/aromatic N) is 1. The molecule has 0 saturated carbocycles. The van der Waals surface area contributed by atoms with E-state index in [0.717, 1.165) is 5.56 Å². The Labute approximate surface area is 160 Å². The molecule has 4 aliphatic rings. The molecule has 0 aliphatic carbocycles. The third-order valence-corrected chi connectivity index (χ3v) is 6.40. The van der Waals surface area contributed by atoms with Crippen LogP contribution in [0.25, 0.3) is 0 Å². The smallest absolute Gasteiger partial charge is 0.233 e. The molecule has 9 heteroatoms. The predicted molar refractivity (Wildman–Crippen MR) is 94.2 cm³/mol. The Morgan fingerprint density at radius 3 is 2.89 bits per heavy atom. The molecule has 1 aromatic rings. The minimum absolute atomic E-state index is 0.0118. The van der Waals surface area contributed by atoms with Crippen molar-refractivity contribution in [3.05, 3.63) is 23.8 Å². The van der Waals surface area contributed by atoms with E-state index in [1.807, 2.05) is 18.2 Å². The van der Waals surface area contributed by atoms with E-state index < -0.39 is 30.4 Å². The van der Waals surface area contributed by atoms with Crippen LogP contribution in [0.2, 0.25) is 0 Å². The fourth-order valence-electron chi connectivity index (χ4n) is 3.90. The maximum absolute atomic E-state index is 12.5. The summed E-state index contributed by atoms with van der Waals surface area (Å²) in [4.78, 5) is 14.2. The molecule has 4 aliphatic heterocycles. The zero-order valence-corrected chi connectivity index (χ0v) is 15.8. The fourth-order valence-corrected chi connectivity index (χ4v) is 5.09. The van der Waals surface area contributed by atoms with Crippen molar-refractivity contribution in [2.75, 3.05) is 19.1 Å². The molecule has 1 amide bonds. The van der Waals surface area contributed by atoms with Crippen LogP contribution in [0.4, 0.5) is 0 Å². The van der Waals surface area contributed by atoms with Gasteiger partial charge >= 0.3 is 0 Å². The van der Waals surface area contributed by atoms with Gasteiger partial charge in [0.15, 0.2) is 23.6 Å². The number of benzene rings is 1. The first kappa shape index (κ1) is 17.6. The number of hydrogen-bond donors (Lipinski definition) is 1. The Hall–Kier alpha value is -1.52. The molecule has 5 rings (SSSR count). The summed E-state index contributed by atoms with van der Waals surface area (Å²) < 4.78 is 28.1. The van der Waals surface area contributed by atoms with Gasteiger partial charge in [0.2, 0.25) is 12.7 Å². The molecule has 8 nitrogen and oxygen atoms in total. The molecule has 0 radical (unpaired) electrons. The molecule has 0 bridgehead atoms. The van der Waals surface area contributed by atoms with Crippen LogP contribution in [0.5, 0.6) is 11.5 Å². The maximum atomic E-state index is 12.5. The van der Waals surface area contributed by atoms with Gasteiger partial charge in [-0.25, -0.2) is 0 Å². The van der Waals surface area contributed by atoms with Gasteiger partial charge in [0.25, 0.3) is 0 Å². The van der Waals surface area contributed by atoms with E-state index in [0.29, 0.717) is 17.3 Å². The van der Waals surface area contributed by atoms with E-state index in [1.54, 1.807) is 30.5 Å². The Kier molecular flexibility index (Phi) is 4.07. The van der Waals surface area contributed by atoms with Gasteiger partial charge in [-0.05, 0) is 31.5 Å². The number of ether oxygens (including phenoxy) is 5. The second-order valence-corrected chi connectivity index (χ2v) is 8.52. The third-order valence-electron chi connectivity index (χ3n) is 5.14. The van der Waals surface area contributed by atoms with E-state index in [2.05, 4.69) is 0 Å². The van der Waals surface area contributed by atoms with Crippen molar-refractivity contribution in [1.29, 1.82) is 0 Å². The highest BCUT2D eigenvalue weighted by atomic mass is 32.2. The number of aliphatic hydroxyl groups is 1. The topological polar surface area (TPSA) is 86.7 Å². The summed E-state index contributed by atoms with van der Waals surface area (Å²) in [5.74, 6) is 1.00. The second-order valence-electron chi connectivity index (χ2n) is 7.46. The van der Waals surface area contributed by atoms with Gasteiger partial charge in [-0.15, -0.1) is 11.8 Å². The third kappa shape index (κ3) is 2.98. The van der Waals surface area contributed by atoms with Crippen molar-refractivity contribution in [2.45, 2.75) is 49.6 Å². The quantitative estimate of drug-likeness (QED) is 0.818. The molecule has 1 N–H and O–H groups in total. The normalized spacial score (nSPS) is 36.5. The number of carbonyl (C=O) groups excluding carboxylic acids is 1. The van der Waals surface area contributed by atoms with Crippen LogP contribution in [0.15, 0.2) is 18.2 Å². The van der Waals surface area contributed by atoms with Crippen LogP contribution < -0.4 is 9.47 Å². The van der Waals surface area contributed by atoms with Crippen molar-refractivity contribution in [3.8, 4) is 11.5 Å². The molecule has 1 aromatic carbocycles. The zero-order valence-electron chi connectivity index (χ0n) is 15.0. The number of aliphatic hydroxyl groups excluding tert-OH is 1. The summed E-state index contributed by atoms with van der Waals surface area (Å²) in [6.45, 7) is 4.05. The molecule has 0 unspecified atom stereocenters. The number of hydrogen-bond acceptors (Lipinski definition) is 8. The lowest BCUT2D eigenvalue weighted by atomic mass is 10.1. The van der Waals surface area contributed by atoms with Gasteiger partial charge in [-0.1, -0.05) is 6.07 Å². The lowest BCUT2D eigenvalue weighted by Crippen LogP contribution is -2.43. The SMILES string of the molecule is CC1(C)O[C@H]2O[C@H](CN3C(=O)CS[C@@H]3c3ccc4c(c3)OCO4)[C@H](O)[C@H]2O1. The Morgan fingerprint density at radius 2 is 2.07 bits per heavy atom. The minimum Gasteiger partial charge on any atom is -0.454 e. The number of rotatable bonds is 3.